The number of aromatic nitrogens is 1. The molecule has 0 saturated heterocycles. The third kappa shape index (κ3) is 2.72. The molecule has 0 spiro atoms. The van der Waals surface area contributed by atoms with Gasteiger partial charge in [-0.3, -0.25) is 4.79 Å². The van der Waals surface area contributed by atoms with E-state index in [1.807, 2.05) is 30.0 Å². The average molecular weight is 247 g/mol. The Morgan fingerprint density at radius 2 is 2.24 bits per heavy atom. The van der Waals surface area contributed by atoms with Crippen molar-refractivity contribution >= 4 is 29.0 Å². The van der Waals surface area contributed by atoms with Crippen molar-refractivity contribution in [3.05, 3.63) is 36.0 Å². The number of hydrogen-bond acceptors (Lipinski definition) is 2. The number of fused-ring (bicyclic) bond motifs is 1. The van der Waals surface area contributed by atoms with Crippen LogP contribution in [0.3, 0.4) is 0 Å². The topological polar surface area (TPSA) is 22.0 Å². The van der Waals surface area contributed by atoms with Crippen LogP contribution in [-0.4, -0.2) is 22.4 Å². The zero-order valence-corrected chi connectivity index (χ0v) is 10.9. The second-order valence-corrected chi connectivity index (χ2v) is 5.35. The normalized spacial score (nSPS) is 10.9. The van der Waals surface area contributed by atoms with E-state index in [4.69, 9.17) is 0 Å². The van der Waals surface area contributed by atoms with Crippen LogP contribution in [-0.2, 0) is 6.54 Å². The first-order chi connectivity index (χ1) is 8.36. The highest BCUT2D eigenvalue weighted by atomic mass is 32.2. The number of nitrogens with zero attached hydrogens (tertiary/aromatic N) is 1. The number of hydrogen-bond donors (Lipinski definition) is 0. The van der Waals surface area contributed by atoms with E-state index in [1.54, 1.807) is 0 Å². The van der Waals surface area contributed by atoms with Crippen LogP contribution in [0.15, 0.2) is 30.5 Å². The van der Waals surface area contributed by atoms with Gasteiger partial charge in [-0.25, -0.2) is 0 Å². The number of carbonyl (C=O) groups excluding carboxylic acids is 1. The highest BCUT2D eigenvalue weighted by Crippen LogP contribution is 2.19. The van der Waals surface area contributed by atoms with Crippen LogP contribution in [0.5, 0.6) is 0 Å². The van der Waals surface area contributed by atoms with E-state index >= 15 is 0 Å². The molecule has 0 bridgehead atoms. The Bertz CT molecular complexity index is 504. The highest BCUT2D eigenvalue weighted by molar-refractivity contribution is 7.99. The fraction of sp³-hybridized carbons (Fsp3) is 0.357. The molecular formula is C14H17NOS. The van der Waals surface area contributed by atoms with Crippen LogP contribution < -0.4 is 0 Å². The molecule has 0 radical (unpaired) electrons. The number of benzene rings is 1. The SMILES string of the molecule is CCSCCCn1ccc2c(C=O)cccc21. The minimum atomic E-state index is 0.782. The van der Waals surface area contributed by atoms with Gasteiger partial charge in [0.2, 0.25) is 0 Å². The van der Waals surface area contributed by atoms with E-state index in [-0.39, 0.29) is 0 Å². The maximum Gasteiger partial charge on any atom is 0.150 e. The van der Waals surface area contributed by atoms with Crippen molar-refractivity contribution in [1.29, 1.82) is 0 Å². The summed E-state index contributed by atoms with van der Waals surface area (Å²) in [7, 11) is 0. The second kappa shape index (κ2) is 5.92. The fourth-order valence-corrected chi connectivity index (χ4v) is 2.65. The number of aryl methyl sites for hydroxylation is 1. The van der Waals surface area contributed by atoms with Gasteiger partial charge in [0.25, 0.3) is 0 Å². The van der Waals surface area contributed by atoms with Crippen LogP contribution in [0, 0.1) is 0 Å². The summed E-state index contributed by atoms with van der Waals surface area (Å²) in [5.41, 5.74) is 1.94. The zero-order chi connectivity index (χ0) is 12.1. The van der Waals surface area contributed by atoms with Crippen molar-refractivity contribution in [3.63, 3.8) is 0 Å². The van der Waals surface area contributed by atoms with Gasteiger partial charge in [0, 0.05) is 29.2 Å². The average Bonchev–Trinajstić information content (AvgIpc) is 2.78. The molecule has 1 aromatic carbocycles. The molecule has 90 valence electrons. The quantitative estimate of drug-likeness (QED) is 0.575. The van der Waals surface area contributed by atoms with Crippen LogP contribution in [0.2, 0.25) is 0 Å². The Morgan fingerprint density at radius 1 is 1.35 bits per heavy atom. The van der Waals surface area contributed by atoms with Gasteiger partial charge < -0.3 is 4.57 Å². The Kier molecular flexibility index (Phi) is 4.26. The first kappa shape index (κ1) is 12.2. The van der Waals surface area contributed by atoms with Crippen molar-refractivity contribution in [3.8, 4) is 0 Å². The van der Waals surface area contributed by atoms with Gasteiger partial charge in [-0.05, 0) is 30.1 Å². The molecule has 2 rings (SSSR count). The van der Waals surface area contributed by atoms with Gasteiger partial charge in [-0.1, -0.05) is 19.1 Å². The molecule has 1 aromatic heterocycles. The monoisotopic (exact) mass is 247 g/mol. The summed E-state index contributed by atoms with van der Waals surface area (Å²) < 4.78 is 2.23. The highest BCUT2D eigenvalue weighted by Gasteiger charge is 2.04. The summed E-state index contributed by atoms with van der Waals surface area (Å²) in [5, 5.41) is 1.06. The summed E-state index contributed by atoms with van der Waals surface area (Å²) in [6, 6.07) is 7.93. The molecule has 0 aliphatic carbocycles. The molecule has 3 heteroatoms. The van der Waals surface area contributed by atoms with Crippen molar-refractivity contribution in [1.82, 2.24) is 4.57 Å². The van der Waals surface area contributed by atoms with Crippen LogP contribution in [0.1, 0.15) is 23.7 Å². The molecule has 0 N–H and O–H groups in total. The van der Waals surface area contributed by atoms with Crippen LogP contribution in [0.25, 0.3) is 10.9 Å². The molecule has 1 heterocycles. The Labute approximate surface area is 106 Å². The Hall–Kier alpha value is -1.22. The van der Waals surface area contributed by atoms with E-state index < -0.39 is 0 Å². The fourth-order valence-electron chi connectivity index (χ4n) is 2.03. The number of rotatable bonds is 6. The lowest BCUT2D eigenvalue weighted by molar-refractivity contribution is 0.112. The minimum Gasteiger partial charge on any atom is -0.347 e. The number of carbonyl (C=O) groups is 1. The van der Waals surface area contributed by atoms with Gasteiger partial charge >= 0.3 is 0 Å². The van der Waals surface area contributed by atoms with Gasteiger partial charge in [0.15, 0.2) is 6.29 Å². The minimum absolute atomic E-state index is 0.782. The van der Waals surface area contributed by atoms with E-state index in [1.165, 1.54) is 17.9 Å². The predicted octanol–water partition coefficient (Wildman–Crippen LogP) is 3.60. The van der Waals surface area contributed by atoms with E-state index in [2.05, 4.69) is 23.8 Å². The van der Waals surface area contributed by atoms with Gasteiger partial charge in [-0.15, -0.1) is 0 Å². The molecule has 0 unspecified atom stereocenters. The first-order valence-electron chi connectivity index (χ1n) is 5.97. The van der Waals surface area contributed by atoms with E-state index in [0.29, 0.717) is 0 Å². The number of aldehydes is 1. The molecule has 0 aliphatic rings. The summed E-state index contributed by atoms with van der Waals surface area (Å²) in [4.78, 5) is 10.9. The van der Waals surface area contributed by atoms with Crippen LogP contribution >= 0.6 is 11.8 Å². The standard InChI is InChI=1S/C14H17NOS/c1-2-17-10-4-8-15-9-7-13-12(11-16)5-3-6-14(13)15/h3,5-7,9,11H,2,4,8,10H2,1H3. The van der Waals surface area contributed by atoms with Crippen LogP contribution in [0.4, 0.5) is 0 Å². The van der Waals surface area contributed by atoms with E-state index in [0.717, 1.165) is 29.3 Å². The van der Waals surface area contributed by atoms with Crippen molar-refractivity contribution in [2.45, 2.75) is 19.9 Å². The maximum absolute atomic E-state index is 10.9. The lowest BCUT2D eigenvalue weighted by Gasteiger charge is -2.05. The third-order valence-corrected chi connectivity index (χ3v) is 3.85. The molecule has 17 heavy (non-hydrogen) atoms. The molecule has 2 aromatic rings. The third-order valence-electron chi connectivity index (χ3n) is 2.87. The van der Waals surface area contributed by atoms with E-state index in [9.17, 15) is 4.79 Å². The summed E-state index contributed by atoms with van der Waals surface area (Å²) in [6.07, 6.45) is 4.18. The largest absolute Gasteiger partial charge is 0.347 e. The molecular weight excluding hydrogens is 230 g/mol. The van der Waals surface area contributed by atoms with Gasteiger partial charge in [0.1, 0.15) is 0 Å². The smallest absolute Gasteiger partial charge is 0.150 e. The first-order valence-corrected chi connectivity index (χ1v) is 7.13. The molecule has 0 fully saturated rings. The summed E-state index contributed by atoms with van der Waals surface area (Å²) in [5.74, 6) is 2.38. The molecule has 0 saturated carbocycles. The maximum atomic E-state index is 10.9. The molecule has 0 amide bonds. The van der Waals surface area contributed by atoms with Crippen molar-refractivity contribution in [2.75, 3.05) is 11.5 Å². The van der Waals surface area contributed by atoms with Gasteiger partial charge in [-0.2, -0.15) is 11.8 Å². The predicted molar refractivity (Wildman–Crippen MR) is 74.9 cm³/mol. The van der Waals surface area contributed by atoms with Gasteiger partial charge in [0.05, 0.1) is 0 Å². The Morgan fingerprint density at radius 3 is 3.00 bits per heavy atom. The molecule has 2 nitrogen and oxygen atoms in total. The lowest BCUT2D eigenvalue weighted by atomic mass is 10.1. The zero-order valence-electron chi connectivity index (χ0n) is 10.1. The second-order valence-electron chi connectivity index (χ2n) is 3.96. The Balaban J connectivity index is 2.16. The molecule has 0 atom stereocenters. The summed E-state index contributed by atoms with van der Waals surface area (Å²) >= 11 is 1.97. The molecule has 0 aliphatic heterocycles. The van der Waals surface area contributed by atoms with Crippen molar-refractivity contribution in [2.24, 2.45) is 0 Å². The number of thioether (sulfide) groups is 1. The lowest BCUT2D eigenvalue weighted by Crippen LogP contribution is -1.97. The van der Waals surface area contributed by atoms with Crippen molar-refractivity contribution < 1.29 is 4.79 Å². The summed E-state index contributed by atoms with van der Waals surface area (Å²) in [6.45, 7) is 3.21.